The topological polar surface area (TPSA) is 112 Å². The third-order valence-electron chi connectivity index (χ3n) is 6.32. The third kappa shape index (κ3) is 6.04. The van der Waals surface area contributed by atoms with E-state index >= 15 is 0 Å². The quantitative estimate of drug-likeness (QED) is 0.678. The Morgan fingerprint density at radius 1 is 1.26 bits per heavy atom. The van der Waals surface area contributed by atoms with E-state index in [1.807, 2.05) is 0 Å². The SMILES string of the molecule is CC(C)(C)OC(=O)NC1CCN(C(=O)c2cc(CC3N=NC(=O)C4=C3NCCC4)ccc2F)CC1. The van der Waals surface area contributed by atoms with Crippen molar-refractivity contribution < 1.29 is 23.5 Å². The molecule has 4 rings (SSSR count). The Bertz CT molecular complexity index is 1070. The van der Waals surface area contributed by atoms with Crippen molar-refractivity contribution in [3.8, 4) is 0 Å². The van der Waals surface area contributed by atoms with Gasteiger partial charge in [0, 0.05) is 43.4 Å². The molecule has 0 saturated carbocycles. The van der Waals surface area contributed by atoms with Crippen LogP contribution in [0.5, 0.6) is 0 Å². The van der Waals surface area contributed by atoms with Gasteiger partial charge in [-0.25, -0.2) is 9.18 Å². The number of ether oxygens (including phenoxy) is 1. The van der Waals surface area contributed by atoms with Gasteiger partial charge in [0.25, 0.3) is 11.8 Å². The van der Waals surface area contributed by atoms with Crippen LogP contribution in [-0.2, 0) is 16.0 Å². The number of benzene rings is 1. The molecule has 0 aliphatic carbocycles. The molecule has 3 aliphatic heterocycles. The van der Waals surface area contributed by atoms with Crippen molar-refractivity contribution in [3.63, 3.8) is 0 Å². The maximum atomic E-state index is 14.7. The predicted molar refractivity (Wildman–Crippen MR) is 126 cm³/mol. The highest BCUT2D eigenvalue weighted by Crippen LogP contribution is 2.27. The molecular weight excluding hydrogens is 453 g/mol. The van der Waals surface area contributed by atoms with Crippen LogP contribution in [0.25, 0.3) is 0 Å². The number of alkyl carbamates (subject to hydrolysis) is 1. The van der Waals surface area contributed by atoms with Crippen LogP contribution in [-0.4, -0.2) is 60.1 Å². The normalized spacial score (nSPS) is 20.9. The fourth-order valence-corrected chi connectivity index (χ4v) is 4.61. The van der Waals surface area contributed by atoms with E-state index in [9.17, 15) is 18.8 Å². The van der Waals surface area contributed by atoms with E-state index in [0.717, 1.165) is 24.2 Å². The van der Waals surface area contributed by atoms with E-state index in [-0.39, 0.29) is 29.5 Å². The molecule has 3 amide bonds. The number of halogens is 1. The highest BCUT2D eigenvalue weighted by molar-refractivity contribution is 5.96. The van der Waals surface area contributed by atoms with E-state index < -0.39 is 17.5 Å². The van der Waals surface area contributed by atoms with Crippen LogP contribution in [0.1, 0.15) is 62.4 Å². The maximum absolute atomic E-state index is 14.7. The van der Waals surface area contributed by atoms with Crippen LogP contribution < -0.4 is 10.6 Å². The van der Waals surface area contributed by atoms with Gasteiger partial charge in [-0.15, -0.1) is 5.11 Å². The molecule has 0 spiro atoms. The molecule has 3 heterocycles. The number of likely N-dealkylation sites (tertiary alicyclic amines) is 1. The molecule has 0 bridgehead atoms. The number of carbonyl (C=O) groups excluding carboxylic acids is 3. The molecule has 1 aromatic carbocycles. The minimum atomic E-state index is -0.580. The number of rotatable bonds is 4. The molecule has 1 aromatic rings. The number of nitrogens with one attached hydrogen (secondary N) is 2. The van der Waals surface area contributed by atoms with Gasteiger partial charge in [0.05, 0.1) is 5.56 Å². The van der Waals surface area contributed by atoms with Crippen molar-refractivity contribution in [1.29, 1.82) is 0 Å². The summed E-state index contributed by atoms with van der Waals surface area (Å²) in [6.07, 6.45) is 2.59. The zero-order valence-corrected chi connectivity index (χ0v) is 20.4. The maximum Gasteiger partial charge on any atom is 0.407 e. The monoisotopic (exact) mass is 485 g/mol. The first-order valence-electron chi connectivity index (χ1n) is 12.1. The third-order valence-corrected chi connectivity index (χ3v) is 6.32. The summed E-state index contributed by atoms with van der Waals surface area (Å²) in [5, 5.41) is 14.0. The van der Waals surface area contributed by atoms with Crippen molar-refractivity contribution in [2.75, 3.05) is 19.6 Å². The van der Waals surface area contributed by atoms with Crippen molar-refractivity contribution in [1.82, 2.24) is 15.5 Å². The Labute approximate surface area is 204 Å². The van der Waals surface area contributed by atoms with Gasteiger partial charge in [-0.3, -0.25) is 9.59 Å². The first-order valence-corrected chi connectivity index (χ1v) is 12.1. The minimum absolute atomic E-state index is 0.00989. The van der Waals surface area contributed by atoms with Gasteiger partial charge in [-0.2, -0.15) is 5.11 Å². The number of amides is 3. The molecule has 1 atom stereocenters. The summed E-state index contributed by atoms with van der Waals surface area (Å²) in [5.74, 6) is -1.26. The summed E-state index contributed by atoms with van der Waals surface area (Å²) < 4.78 is 19.9. The van der Waals surface area contributed by atoms with Crippen LogP contribution in [0.4, 0.5) is 9.18 Å². The Kier molecular flexibility index (Phi) is 7.18. The largest absolute Gasteiger partial charge is 0.444 e. The van der Waals surface area contributed by atoms with Crippen LogP contribution in [0.3, 0.4) is 0 Å². The average Bonchev–Trinajstić information content (AvgIpc) is 2.81. The highest BCUT2D eigenvalue weighted by Gasteiger charge is 2.31. The number of azo groups is 1. The Hall–Kier alpha value is -3.30. The second-order valence-corrected chi connectivity index (χ2v) is 10.2. The summed E-state index contributed by atoms with van der Waals surface area (Å²) in [6, 6.07) is 4.05. The zero-order valence-electron chi connectivity index (χ0n) is 20.4. The molecule has 0 aromatic heterocycles. The average molecular weight is 486 g/mol. The van der Waals surface area contributed by atoms with Gasteiger partial charge in [0.1, 0.15) is 17.5 Å². The molecule has 1 fully saturated rings. The molecule has 1 saturated heterocycles. The fourth-order valence-electron chi connectivity index (χ4n) is 4.61. The van der Waals surface area contributed by atoms with Gasteiger partial charge in [0.15, 0.2) is 0 Å². The molecule has 10 heteroatoms. The number of piperidine rings is 1. The van der Waals surface area contributed by atoms with Crippen LogP contribution in [0.2, 0.25) is 0 Å². The van der Waals surface area contributed by atoms with Crippen LogP contribution >= 0.6 is 0 Å². The smallest absolute Gasteiger partial charge is 0.407 e. The van der Waals surface area contributed by atoms with Gasteiger partial charge in [-0.1, -0.05) is 6.07 Å². The van der Waals surface area contributed by atoms with Gasteiger partial charge in [0.2, 0.25) is 0 Å². The lowest BCUT2D eigenvalue weighted by atomic mass is 9.93. The van der Waals surface area contributed by atoms with Crippen LogP contribution in [0, 0.1) is 5.82 Å². The van der Waals surface area contributed by atoms with Gasteiger partial charge < -0.3 is 20.3 Å². The summed E-state index contributed by atoms with van der Waals surface area (Å²) >= 11 is 0. The molecule has 188 valence electrons. The van der Waals surface area contributed by atoms with E-state index in [1.165, 1.54) is 6.07 Å². The molecule has 0 radical (unpaired) electrons. The molecule has 2 N–H and O–H groups in total. The summed E-state index contributed by atoms with van der Waals surface area (Å²) in [4.78, 5) is 38.8. The lowest BCUT2D eigenvalue weighted by Crippen LogP contribution is -2.47. The lowest BCUT2D eigenvalue weighted by Gasteiger charge is -2.33. The Balaban J connectivity index is 1.39. The van der Waals surface area contributed by atoms with Gasteiger partial charge >= 0.3 is 6.09 Å². The van der Waals surface area contributed by atoms with Crippen LogP contribution in [0.15, 0.2) is 39.7 Å². The molecule has 9 nitrogen and oxygen atoms in total. The van der Waals surface area contributed by atoms with E-state index in [0.29, 0.717) is 44.3 Å². The zero-order chi connectivity index (χ0) is 25.2. The first-order chi connectivity index (χ1) is 16.6. The Morgan fingerprint density at radius 3 is 2.71 bits per heavy atom. The molecular formula is C25H32FN5O4. The minimum Gasteiger partial charge on any atom is -0.444 e. The van der Waals surface area contributed by atoms with Crippen molar-refractivity contribution in [3.05, 3.63) is 46.4 Å². The van der Waals surface area contributed by atoms with E-state index in [2.05, 4.69) is 20.9 Å². The molecule has 35 heavy (non-hydrogen) atoms. The van der Waals surface area contributed by atoms with Gasteiger partial charge in [-0.05, 0) is 64.2 Å². The molecule has 3 aliphatic rings. The van der Waals surface area contributed by atoms with Crippen molar-refractivity contribution in [2.45, 2.75) is 70.6 Å². The predicted octanol–water partition coefficient (Wildman–Crippen LogP) is 3.50. The summed E-state index contributed by atoms with van der Waals surface area (Å²) in [5.41, 5.74) is 1.62. The summed E-state index contributed by atoms with van der Waals surface area (Å²) in [7, 11) is 0. The van der Waals surface area contributed by atoms with Crippen molar-refractivity contribution in [2.24, 2.45) is 10.2 Å². The number of hydrogen-bond donors (Lipinski definition) is 2. The number of nitrogens with zero attached hydrogens (tertiary/aromatic N) is 3. The van der Waals surface area contributed by atoms with E-state index in [4.69, 9.17) is 4.74 Å². The standard InChI is InChI=1S/C25H32FN5O4/c1-25(2,3)35-24(34)28-16-8-11-31(12-9-16)23(33)18-13-15(6-7-19(18)26)14-20-21-17(5-4-10-27-21)22(32)30-29-20/h6-7,13,16,20,27H,4-5,8-12,14H2,1-3H3,(H,28,34). The Morgan fingerprint density at radius 2 is 2.00 bits per heavy atom. The second kappa shape index (κ2) is 10.1. The van der Waals surface area contributed by atoms with E-state index in [1.54, 1.807) is 37.8 Å². The molecule has 1 unspecified atom stereocenters. The highest BCUT2D eigenvalue weighted by atomic mass is 19.1. The first kappa shape index (κ1) is 24.8. The van der Waals surface area contributed by atoms with Crippen molar-refractivity contribution >= 4 is 17.9 Å². The fraction of sp³-hybridized carbons (Fsp3) is 0.560. The summed E-state index contributed by atoms with van der Waals surface area (Å²) in [6.45, 7) is 6.98. The number of hydrogen-bond acceptors (Lipinski definition) is 6. The second-order valence-electron chi connectivity index (χ2n) is 10.2. The lowest BCUT2D eigenvalue weighted by molar-refractivity contribution is -0.115. The number of carbonyl (C=O) groups is 3.